The number of benzene rings is 3. The maximum atomic E-state index is 13.4. The van der Waals surface area contributed by atoms with Gasteiger partial charge in [-0.2, -0.15) is 0 Å². The van der Waals surface area contributed by atoms with Gasteiger partial charge in [-0.05, 0) is 42.5 Å². The maximum Gasteiger partial charge on any atom is 0.264 e. The van der Waals surface area contributed by atoms with Crippen molar-refractivity contribution in [2.75, 3.05) is 14.2 Å². The van der Waals surface area contributed by atoms with Crippen LogP contribution in [0.3, 0.4) is 0 Å². The van der Waals surface area contributed by atoms with Crippen molar-refractivity contribution in [3.05, 3.63) is 84.4 Å². The number of hydrogen-bond acceptors (Lipinski definition) is 6. The number of para-hydroxylation sites is 1. The van der Waals surface area contributed by atoms with Gasteiger partial charge in [-0.15, -0.1) is 0 Å². The van der Waals surface area contributed by atoms with Gasteiger partial charge in [-0.25, -0.2) is 13.1 Å². The van der Waals surface area contributed by atoms with Gasteiger partial charge in [0.2, 0.25) is 5.91 Å². The number of Topliss-reactive ketones (excluding diaryl/α,β-unsaturated/α-hetero) is 1. The van der Waals surface area contributed by atoms with Crippen molar-refractivity contribution in [2.24, 2.45) is 5.92 Å². The predicted octanol–water partition coefficient (Wildman–Crippen LogP) is 5.21. The van der Waals surface area contributed by atoms with E-state index in [0.29, 0.717) is 17.1 Å². The highest BCUT2D eigenvalue weighted by Crippen LogP contribution is 2.40. The van der Waals surface area contributed by atoms with Crippen molar-refractivity contribution >= 4 is 38.2 Å². The molecule has 4 aromatic rings. The molecule has 1 amide bonds. The number of nitrogens with one attached hydrogen (secondary N) is 2. The minimum Gasteiger partial charge on any atom is -0.496 e. The summed E-state index contributed by atoms with van der Waals surface area (Å²) in [5.74, 6) is -0.573. The topological polar surface area (TPSA) is 115 Å². The molecule has 1 heterocycles. The third-order valence-corrected chi connectivity index (χ3v) is 7.49. The number of aromatic nitrogens is 1. The number of fused-ring (bicyclic) bond motifs is 1. The molecular weight excluding hydrogens is 504 g/mol. The molecule has 0 radical (unpaired) electrons. The molecule has 0 aliphatic rings. The summed E-state index contributed by atoms with van der Waals surface area (Å²) in [6, 6.07) is 18.6. The summed E-state index contributed by atoms with van der Waals surface area (Å²) in [6.45, 7) is 7.20. The van der Waals surface area contributed by atoms with Gasteiger partial charge in [-0.1, -0.05) is 38.6 Å². The Morgan fingerprint density at radius 2 is 1.58 bits per heavy atom. The Hall–Kier alpha value is -4.37. The lowest BCUT2D eigenvalue weighted by atomic mass is 9.95. The molecule has 3 aromatic carbocycles. The number of rotatable bonds is 9. The van der Waals surface area contributed by atoms with E-state index in [1.807, 2.05) is 35.1 Å². The molecule has 0 spiro atoms. The van der Waals surface area contributed by atoms with Gasteiger partial charge in [-0.3, -0.25) is 9.59 Å². The average Bonchev–Trinajstić information content (AvgIpc) is 3.35. The minimum absolute atomic E-state index is 0.128. The number of methoxy groups -OCH3 is 2. The van der Waals surface area contributed by atoms with Crippen molar-refractivity contribution in [2.45, 2.75) is 18.7 Å². The van der Waals surface area contributed by atoms with E-state index in [1.54, 1.807) is 33.1 Å². The number of amides is 1. The number of allylic oxidation sites excluding steroid dienone is 1. The highest BCUT2D eigenvalue weighted by atomic mass is 32.2. The first-order valence-corrected chi connectivity index (χ1v) is 13.3. The summed E-state index contributed by atoms with van der Waals surface area (Å²) in [7, 11) is -1.01. The first-order valence-electron chi connectivity index (χ1n) is 11.8. The number of sulfonamides is 1. The quantitative estimate of drug-likeness (QED) is 0.226. The summed E-state index contributed by atoms with van der Waals surface area (Å²) < 4.78 is 38.2. The van der Waals surface area contributed by atoms with Crippen molar-refractivity contribution in [1.82, 2.24) is 9.71 Å². The number of H-pyrrole nitrogens is 1. The summed E-state index contributed by atoms with van der Waals surface area (Å²) in [5, 5.41) is 1.02. The predicted molar refractivity (Wildman–Crippen MR) is 147 cm³/mol. The highest BCUT2D eigenvalue weighted by molar-refractivity contribution is 7.90. The Morgan fingerprint density at radius 3 is 2.18 bits per heavy atom. The van der Waals surface area contributed by atoms with Gasteiger partial charge in [0.25, 0.3) is 10.0 Å². The normalized spacial score (nSPS) is 11.4. The lowest BCUT2D eigenvalue weighted by Gasteiger charge is -2.16. The monoisotopic (exact) mass is 532 g/mol. The van der Waals surface area contributed by atoms with E-state index >= 15 is 0 Å². The van der Waals surface area contributed by atoms with Crippen LogP contribution in [-0.4, -0.2) is 39.3 Å². The maximum absolute atomic E-state index is 13.4. The molecule has 0 aliphatic carbocycles. The molecule has 2 N–H and O–H groups in total. The summed E-state index contributed by atoms with van der Waals surface area (Å²) in [4.78, 5) is 28.5. The standard InChI is InChI=1S/C29H28N2O6S/c1-17(2)29(33)31-38(34,35)21-12-10-19(11-13-21)28(32)18(3)22-15-23(27(37-5)16-26(22)36-4)25-14-20-8-6-7-9-24(20)30-25/h6-17,30H,3H2,1-2,4-5H3,(H,31,33). The van der Waals surface area contributed by atoms with Crippen LogP contribution in [0.25, 0.3) is 27.7 Å². The molecule has 0 bridgehead atoms. The fraction of sp³-hybridized carbons (Fsp3) is 0.172. The molecule has 4 rings (SSSR count). The first kappa shape index (κ1) is 26.7. The fourth-order valence-corrected chi connectivity index (χ4v) is 5.07. The highest BCUT2D eigenvalue weighted by Gasteiger charge is 2.23. The van der Waals surface area contributed by atoms with Crippen LogP contribution in [0.2, 0.25) is 0 Å². The zero-order chi connectivity index (χ0) is 27.6. The van der Waals surface area contributed by atoms with Gasteiger partial charge < -0.3 is 14.5 Å². The Labute approximate surface area is 221 Å². The number of hydrogen-bond donors (Lipinski definition) is 2. The van der Waals surface area contributed by atoms with Gasteiger partial charge in [0, 0.05) is 45.2 Å². The zero-order valence-corrected chi connectivity index (χ0v) is 22.3. The minimum atomic E-state index is -4.06. The van der Waals surface area contributed by atoms with Crippen LogP contribution in [0.15, 0.2) is 78.2 Å². The van der Waals surface area contributed by atoms with E-state index in [0.717, 1.165) is 22.2 Å². The first-order chi connectivity index (χ1) is 18.1. The lowest BCUT2D eigenvalue weighted by molar-refractivity contribution is -0.122. The van der Waals surface area contributed by atoms with Crippen molar-refractivity contribution in [1.29, 1.82) is 0 Å². The smallest absolute Gasteiger partial charge is 0.264 e. The van der Waals surface area contributed by atoms with Crippen LogP contribution in [0, 0.1) is 5.92 Å². The summed E-state index contributed by atoms with van der Waals surface area (Å²) in [6.07, 6.45) is 0. The van der Waals surface area contributed by atoms with Gasteiger partial charge in [0.1, 0.15) is 11.5 Å². The number of ether oxygens (including phenoxy) is 2. The molecule has 8 nitrogen and oxygen atoms in total. The largest absolute Gasteiger partial charge is 0.496 e. The summed E-state index contributed by atoms with van der Waals surface area (Å²) >= 11 is 0. The SMILES string of the molecule is C=C(C(=O)c1ccc(S(=O)(=O)NC(=O)C(C)C)cc1)c1cc(-c2cc3ccccc3[nH]2)c(OC)cc1OC. The molecule has 0 saturated heterocycles. The molecule has 196 valence electrons. The number of carbonyl (C=O) groups is 2. The van der Waals surface area contributed by atoms with E-state index in [4.69, 9.17) is 9.47 Å². The third kappa shape index (κ3) is 5.19. The lowest BCUT2D eigenvalue weighted by Crippen LogP contribution is -2.33. The van der Waals surface area contributed by atoms with Crippen LogP contribution in [-0.2, 0) is 14.8 Å². The number of ketones is 1. The van der Waals surface area contributed by atoms with Crippen LogP contribution < -0.4 is 14.2 Å². The molecular formula is C29H28N2O6S. The molecule has 0 saturated carbocycles. The van der Waals surface area contributed by atoms with E-state index in [2.05, 4.69) is 11.6 Å². The molecule has 0 fully saturated rings. The van der Waals surface area contributed by atoms with Crippen LogP contribution in [0.5, 0.6) is 11.5 Å². The zero-order valence-electron chi connectivity index (χ0n) is 21.5. The molecule has 0 atom stereocenters. The molecule has 0 aliphatic heterocycles. The van der Waals surface area contributed by atoms with Crippen LogP contribution in [0.1, 0.15) is 29.8 Å². The van der Waals surface area contributed by atoms with Gasteiger partial charge in [0.15, 0.2) is 5.78 Å². The number of aromatic amines is 1. The fourth-order valence-electron chi connectivity index (χ4n) is 3.95. The Balaban J connectivity index is 1.68. The molecule has 0 unspecified atom stereocenters. The second-order valence-corrected chi connectivity index (χ2v) is 10.7. The second-order valence-electron chi connectivity index (χ2n) is 8.98. The van der Waals surface area contributed by atoms with E-state index in [9.17, 15) is 18.0 Å². The molecule has 1 aromatic heterocycles. The van der Waals surface area contributed by atoms with E-state index in [1.165, 1.54) is 31.4 Å². The van der Waals surface area contributed by atoms with E-state index < -0.39 is 27.6 Å². The Kier molecular flexibility index (Phi) is 7.41. The Morgan fingerprint density at radius 1 is 0.921 bits per heavy atom. The molecule has 9 heteroatoms. The second kappa shape index (κ2) is 10.5. The van der Waals surface area contributed by atoms with Crippen molar-refractivity contribution in [3.63, 3.8) is 0 Å². The number of carbonyl (C=O) groups excluding carboxylic acids is 2. The van der Waals surface area contributed by atoms with Crippen LogP contribution >= 0.6 is 0 Å². The summed E-state index contributed by atoms with van der Waals surface area (Å²) in [5.41, 5.74) is 3.32. The van der Waals surface area contributed by atoms with Gasteiger partial charge in [0.05, 0.1) is 24.8 Å². The van der Waals surface area contributed by atoms with Gasteiger partial charge >= 0.3 is 0 Å². The van der Waals surface area contributed by atoms with Crippen LogP contribution in [0.4, 0.5) is 0 Å². The average molecular weight is 533 g/mol. The molecule has 38 heavy (non-hydrogen) atoms. The Bertz CT molecular complexity index is 1620. The van der Waals surface area contributed by atoms with Crippen molar-refractivity contribution in [3.8, 4) is 22.8 Å². The third-order valence-electron chi connectivity index (χ3n) is 6.13. The van der Waals surface area contributed by atoms with Crippen molar-refractivity contribution < 1.29 is 27.5 Å². The van der Waals surface area contributed by atoms with E-state index in [-0.39, 0.29) is 16.0 Å².